The molecule has 1 amide bonds. The van der Waals surface area contributed by atoms with Gasteiger partial charge < -0.3 is 10.1 Å². The molecule has 0 radical (unpaired) electrons. The third-order valence-electron chi connectivity index (χ3n) is 3.25. The van der Waals surface area contributed by atoms with E-state index < -0.39 is 0 Å². The number of benzene rings is 2. The molecule has 0 saturated heterocycles. The number of nitrogens with one attached hydrogen (secondary N) is 1. The van der Waals surface area contributed by atoms with Gasteiger partial charge in [-0.25, -0.2) is 0 Å². The minimum atomic E-state index is -0.0359. The molecule has 102 valence electrons. The largest absolute Gasteiger partial charge is 0.493 e. The number of ether oxygens (including phenoxy) is 1. The molecule has 1 N–H and O–H groups in total. The summed E-state index contributed by atoms with van der Waals surface area (Å²) in [4.78, 5) is 12.0. The zero-order valence-electron chi connectivity index (χ0n) is 10.9. The van der Waals surface area contributed by atoms with Crippen molar-refractivity contribution in [2.45, 2.75) is 12.8 Å². The van der Waals surface area contributed by atoms with Gasteiger partial charge in [-0.3, -0.25) is 4.79 Å². The Balaban J connectivity index is 1.65. The van der Waals surface area contributed by atoms with E-state index in [9.17, 15) is 4.79 Å². The first-order valence-electron chi connectivity index (χ1n) is 6.51. The summed E-state index contributed by atoms with van der Waals surface area (Å²) in [5.41, 5.74) is 2.90. The molecule has 0 atom stereocenters. The molecule has 3 nitrogen and oxygen atoms in total. The van der Waals surface area contributed by atoms with Crippen molar-refractivity contribution in [3.63, 3.8) is 0 Å². The summed E-state index contributed by atoms with van der Waals surface area (Å²) in [5.74, 6) is 0.881. The van der Waals surface area contributed by atoms with Crippen molar-refractivity contribution < 1.29 is 9.53 Å². The lowest BCUT2D eigenvalue weighted by Crippen LogP contribution is -2.14. The maximum Gasteiger partial charge on any atom is 0.228 e. The molecule has 0 aromatic heterocycles. The molecule has 0 unspecified atom stereocenters. The Labute approximate surface area is 122 Å². The molecule has 20 heavy (non-hydrogen) atoms. The third-order valence-corrected chi connectivity index (χ3v) is 3.50. The first-order valence-corrected chi connectivity index (χ1v) is 6.88. The highest BCUT2D eigenvalue weighted by molar-refractivity contribution is 6.30. The maximum absolute atomic E-state index is 12.0. The van der Waals surface area contributed by atoms with Crippen LogP contribution in [-0.2, 0) is 17.6 Å². The monoisotopic (exact) mass is 287 g/mol. The Morgan fingerprint density at radius 3 is 2.80 bits per heavy atom. The van der Waals surface area contributed by atoms with E-state index in [0.717, 1.165) is 35.6 Å². The van der Waals surface area contributed by atoms with Crippen molar-refractivity contribution in [1.82, 2.24) is 0 Å². The van der Waals surface area contributed by atoms with Crippen LogP contribution in [0.1, 0.15) is 11.1 Å². The summed E-state index contributed by atoms with van der Waals surface area (Å²) in [6.45, 7) is 0.720. The van der Waals surface area contributed by atoms with Gasteiger partial charge in [-0.05, 0) is 41.5 Å². The van der Waals surface area contributed by atoms with Crippen LogP contribution in [0.2, 0.25) is 5.02 Å². The highest BCUT2D eigenvalue weighted by Crippen LogP contribution is 2.27. The van der Waals surface area contributed by atoms with Crippen molar-refractivity contribution >= 4 is 23.2 Å². The summed E-state index contributed by atoms with van der Waals surface area (Å²) in [6.07, 6.45) is 1.24. The Kier molecular flexibility index (Phi) is 3.61. The van der Waals surface area contributed by atoms with Crippen molar-refractivity contribution in [3.8, 4) is 5.75 Å². The number of amides is 1. The Hall–Kier alpha value is -2.00. The predicted octanol–water partition coefficient (Wildman–Crippen LogP) is 3.46. The second-order valence-electron chi connectivity index (χ2n) is 4.77. The number of rotatable bonds is 3. The molecule has 1 heterocycles. The van der Waals surface area contributed by atoms with Gasteiger partial charge in [-0.2, -0.15) is 0 Å². The van der Waals surface area contributed by atoms with Crippen molar-refractivity contribution in [2.24, 2.45) is 0 Å². The van der Waals surface area contributed by atoms with Gasteiger partial charge in [0.15, 0.2) is 0 Å². The molecule has 0 spiro atoms. The number of hydrogen-bond acceptors (Lipinski definition) is 2. The van der Waals surface area contributed by atoms with E-state index in [-0.39, 0.29) is 5.91 Å². The molecule has 4 heteroatoms. The van der Waals surface area contributed by atoms with Gasteiger partial charge in [-0.15, -0.1) is 0 Å². The van der Waals surface area contributed by atoms with Gasteiger partial charge in [0.25, 0.3) is 0 Å². The Morgan fingerprint density at radius 2 is 2.00 bits per heavy atom. The molecule has 0 bridgehead atoms. The first-order chi connectivity index (χ1) is 9.70. The number of hydrogen-bond donors (Lipinski definition) is 1. The number of fused-ring (bicyclic) bond motifs is 1. The van der Waals surface area contributed by atoms with Gasteiger partial charge in [0.2, 0.25) is 5.91 Å². The Bertz CT molecular complexity index is 637. The standard InChI is InChI=1S/C16H14ClNO2/c17-13-3-1-11(2-4-13)9-16(19)18-14-5-6-15-12(10-14)7-8-20-15/h1-6,10H,7-9H2,(H,18,19). The van der Waals surface area contributed by atoms with Crippen LogP contribution in [0.25, 0.3) is 0 Å². The number of carbonyl (C=O) groups excluding carboxylic acids is 1. The summed E-state index contributed by atoms with van der Waals surface area (Å²) in [5, 5.41) is 3.58. The van der Waals surface area contributed by atoms with Crippen LogP contribution < -0.4 is 10.1 Å². The molecule has 0 fully saturated rings. The van der Waals surface area contributed by atoms with E-state index in [1.54, 1.807) is 12.1 Å². The number of anilines is 1. The number of halogens is 1. The highest BCUT2D eigenvalue weighted by atomic mass is 35.5. The average Bonchev–Trinajstić information content (AvgIpc) is 2.89. The fraction of sp³-hybridized carbons (Fsp3) is 0.188. The third kappa shape index (κ3) is 2.94. The zero-order chi connectivity index (χ0) is 13.9. The van der Waals surface area contributed by atoms with Gasteiger partial charge in [0.05, 0.1) is 13.0 Å². The highest BCUT2D eigenvalue weighted by Gasteiger charge is 2.13. The zero-order valence-corrected chi connectivity index (χ0v) is 11.6. The van der Waals surface area contributed by atoms with Crippen LogP contribution in [0.4, 0.5) is 5.69 Å². The summed E-state index contributed by atoms with van der Waals surface area (Å²) < 4.78 is 5.44. The van der Waals surface area contributed by atoms with E-state index in [2.05, 4.69) is 5.32 Å². The topological polar surface area (TPSA) is 38.3 Å². The van der Waals surface area contributed by atoms with Crippen LogP contribution >= 0.6 is 11.6 Å². The van der Waals surface area contributed by atoms with E-state index in [4.69, 9.17) is 16.3 Å². The molecule has 1 aliphatic heterocycles. The van der Waals surface area contributed by atoms with Gasteiger partial charge in [-0.1, -0.05) is 23.7 Å². The summed E-state index contributed by atoms with van der Waals surface area (Å²) in [7, 11) is 0. The van der Waals surface area contributed by atoms with E-state index in [1.165, 1.54) is 0 Å². The van der Waals surface area contributed by atoms with Crippen LogP contribution in [0.3, 0.4) is 0 Å². The molecule has 1 aliphatic rings. The number of carbonyl (C=O) groups is 1. The molecule has 0 aliphatic carbocycles. The maximum atomic E-state index is 12.0. The second kappa shape index (κ2) is 5.55. The first kappa shape index (κ1) is 13.0. The van der Waals surface area contributed by atoms with Crippen LogP contribution in [0, 0.1) is 0 Å². The fourth-order valence-corrected chi connectivity index (χ4v) is 2.38. The second-order valence-corrected chi connectivity index (χ2v) is 5.21. The quantitative estimate of drug-likeness (QED) is 0.939. The Morgan fingerprint density at radius 1 is 1.20 bits per heavy atom. The lowest BCUT2D eigenvalue weighted by molar-refractivity contribution is -0.115. The minimum Gasteiger partial charge on any atom is -0.493 e. The van der Waals surface area contributed by atoms with Crippen LogP contribution in [0.5, 0.6) is 5.75 Å². The van der Waals surface area contributed by atoms with E-state index >= 15 is 0 Å². The van der Waals surface area contributed by atoms with Crippen molar-refractivity contribution in [3.05, 3.63) is 58.6 Å². The molecule has 2 aromatic rings. The lowest BCUT2D eigenvalue weighted by atomic mass is 10.1. The predicted molar refractivity (Wildman–Crippen MR) is 79.4 cm³/mol. The minimum absolute atomic E-state index is 0.0359. The van der Waals surface area contributed by atoms with Crippen molar-refractivity contribution in [2.75, 3.05) is 11.9 Å². The van der Waals surface area contributed by atoms with E-state index in [1.807, 2.05) is 30.3 Å². The fourth-order valence-electron chi connectivity index (χ4n) is 2.26. The normalized spacial score (nSPS) is 12.7. The van der Waals surface area contributed by atoms with E-state index in [0.29, 0.717) is 11.4 Å². The molecule has 0 saturated carbocycles. The molecule has 3 rings (SSSR count). The SMILES string of the molecule is O=C(Cc1ccc(Cl)cc1)Nc1ccc2c(c1)CCO2. The van der Waals surface area contributed by atoms with Gasteiger partial charge in [0, 0.05) is 17.1 Å². The smallest absolute Gasteiger partial charge is 0.228 e. The van der Waals surface area contributed by atoms with Gasteiger partial charge >= 0.3 is 0 Å². The molecule has 2 aromatic carbocycles. The molecular formula is C16H14ClNO2. The van der Waals surface area contributed by atoms with Crippen molar-refractivity contribution in [1.29, 1.82) is 0 Å². The summed E-state index contributed by atoms with van der Waals surface area (Å²) in [6, 6.07) is 13.0. The van der Waals surface area contributed by atoms with Crippen LogP contribution in [-0.4, -0.2) is 12.5 Å². The van der Waals surface area contributed by atoms with Gasteiger partial charge in [0.1, 0.15) is 5.75 Å². The molecular weight excluding hydrogens is 274 g/mol. The lowest BCUT2D eigenvalue weighted by Gasteiger charge is -2.07. The summed E-state index contributed by atoms with van der Waals surface area (Å²) >= 11 is 5.82. The average molecular weight is 288 g/mol. The van der Waals surface area contributed by atoms with Crippen LogP contribution in [0.15, 0.2) is 42.5 Å².